The molecule has 0 bridgehead atoms. The molecule has 0 atom stereocenters. The van der Waals surface area contributed by atoms with Crippen molar-refractivity contribution in [1.82, 2.24) is 24.8 Å². The number of carboxylic acid groups (broad SMARTS) is 1. The molecule has 0 fully saturated rings. The van der Waals surface area contributed by atoms with Crippen LogP contribution in [0.5, 0.6) is 0 Å². The Morgan fingerprint density at radius 1 is 1.32 bits per heavy atom. The quantitative estimate of drug-likeness (QED) is 0.757. The predicted molar refractivity (Wildman–Crippen MR) is 64.5 cm³/mol. The molecule has 0 aliphatic rings. The second kappa shape index (κ2) is 5.89. The van der Waals surface area contributed by atoms with E-state index in [1.807, 2.05) is 0 Å². The molecule has 0 spiro atoms. The van der Waals surface area contributed by atoms with Gasteiger partial charge in [-0.05, 0) is 16.5 Å². The Morgan fingerprint density at radius 3 is 2.89 bits per heavy atom. The van der Waals surface area contributed by atoms with Gasteiger partial charge in [0.15, 0.2) is 5.82 Å². The van der Waals surface area contributed by atoms with Crippen molar-refractivity contribution in [2.75, 3.05) is 0 Å². The third kappa shape index (κ3) is 3.47. The Balaban J connectivity index is 2.00. The predicted octanol–water partition coefficient (Wildman–Crippen LogP) is -0.448. The minimum absolute atomic E-state index is 0.0384. The number of tetrazole rings is 1. The molecule has 0 aromatic carbocycles. The first kappa shape index (κ1) is 12.9. The Kier molecular flexibility index (Phi) is 4.01. The van der Waals surface area contributed by atoms with Crippen molar-refractivity contribution < 1.29 is 9.90 Å². The zero-order valence-corrected chi connectivity index (χ0v) is 10.1. The van der Waals surface area contributed by atoms with Gasteiger partial charge in [0, 0.05) is 25.2 Å². The monoisotopic (exact) mass is 263 g/mol. The first-order valence-electron chi connectivity index (χ1n) is 5.79. The minimum atomic E-state index is -0.902. The molecule has 2 rings (SSSR count). The average Bonchev–Trinajstić information content (AvgIpc) is 2.83. The molecule has 0 amide bonds. The number of nitrogens with zero attached hydrogens (tertiary/aromatic N) is 5. The standard InChI is InChI=1S/C11H13N5O3/c17-10-3-1-2-6-15(10)7-4-9-12-13-14-16(9)8-5-11(18)19/h1-3,6H,4-5,7-8H2,(H,18,19). The lowest BCUT2D eigenvalue weighted by molar-refractivity contribution is -0.137. The number of hydrogen-bond acceptors (Lipinski definition) is 5. The number of aryl methyl sites for hydroxylation is 3. The molecular weight excluding hydrogens is 250 g/mol. The summed E-state index contributed by atoms with van der Waals surface area (Å²) in [6, 6.07) is 4.93. The number of rotatable bonds is 6. The van der Waals surface area contributed by atoms with Gasteiger partial charge in [-0.3, -0.25) is 9.59 Å². The second-order valence-corrected chi connectivity index (χ2v) is 3.94. The van der Waals surface area contributed by atoms with E-state index in [-0.39, 0.29) is 18.5 Å². The Hall–Kier alpha value is -2.51. The van der Waals surface area contributed by atoms with Crippen molar-refractivity contribution in [3.8, 4) is 0 Å². The normalized spacial score (nSPS) is 10.5. The Labute approximate surface area is 108 Å². The van der Waals surface area contributed by atoms with Gasteiger partial charge in [0.25, 0.3) is 5.56 Å². The molecule has 8 nitrogen and oxygen atoms in total. The van der Waals surface area contributed by atoms with Crippen molar-refractivity contribution in [3.05, 3.63) is 40.6 Å². The van der Waals surface area contributed by atoms with E-state index in [9.17, 15) is 9.59 Å². The van der Waals surface area contributed by atoms with Crippen LogP contribution in [0.1, 0.15) is 12.2 Å². The third-order valence-corrected chi connectivity index (χ3v) is 2.62. The van der Waals surface area contributed by atoms with Crippen LogP contribution >= 0.6 is 0 Å². The maximum atomic E-state index is 11.5. The molecule has 2 aromatic heterocycles. The molecule has 100 valence electrons. The smallest absolute Gasteiger partial charge is 0.305 e. The lowest BCUT2D eigenvalue weighted by atomic mass is 10.3. The number of aromatic nitrogens is 5. The molecule has 0 saturated carbocycles. The molecule has 2 aromatic rings. The van der Waals surface area contributed by atoms with Crippen LogP contribution in [-0.4, -0.2) is 35.9 Å². The fraction of sp³-hybridized carbons (Fsp3) is 0.364. The lowest BCUT2D eigenvalue weighted by Gasteiger charge is -2.05. The van der Waals surface area contributed by atoms with Gasteiger partial charge in [0.1, 0.15) is 0 Å². The molecule has 0 unspecified atom stereocenters. The first-order chi connectivity index (χ1) is 9.16. The first-order valence-corrected chi connectivity index (χ1v) is 5.79. The zero-order chi connectivity index (χ0) is 13.7. The fourth-order valence-electron chi connectivity index (χ4n) is 1.64. The van der Waals surface area contributed by atoms with Crippen LogP contribution in [0, 0.1) is 0 Å². The minimum Gasteiger partial charge on any atom is -0.481 e. The van der Waals surface area contributed by atoms with Crippen LogP contribution in [0.25, 0.3) is 0 Å². The maximum Gasteiger partial charge on any atom is 0.305 e. The second-order valence-electron chi connectivity index (χ2n) is 3.94. The SMILES string of the molecule is O=C(O)CCn1nnnc1CCn1ccccc1=O. The van der Waals surface area contributed by atoms with Crippen LogP contribution < -0.4 is 5.56 Å². The fourth-order valence-corrected chi connectivity index (χ4v) is 1.64. The van der Waals surface area contributed by atoms with Gasteiger partial charge < -0.3 is 9.67 Å². The highest BCUT2D eigenvalue weighted by molar-refractivity contribution is 5.66. The van der Waals surface area contributed by atoms with Gasteiger partial charge in [-0.2, -0.15) is 0 Å². The van der Waals surface area contributed by atoms with E-state index in [4.69, 9.17) is 5.11 Å². The highest BCUT2D eigenvalue weighted by Gasteiger charge is 2.08. The summed E-state index contributed by atoms with van der Waals surface area (Å²) < 4.78 is 3.00. The van der Waals surface area contributed by atoms with E-state index in [2.05, 4.69) is 15.5 Å². The van der Waals surface area contributed by atoms with Crippen molar-refractivity contribution in [2.45, 2.75) is 25.9 Å². The number of aliphatic carboxylic acids is 1. The van der Waals surface area contributed by atoms with Crippen molar-refractivity contribution in [1.29, 1.82) is 0 Å². The molecular formula is C11H13N5O3. The summed E-state index contributed by atoms with van der Waals surface area (Å²) in [5.74, 6) is -0.335. The summed E-state index contributed by atoms with van der Waals surface area (Å²) >= 11 is 0. The zero-order valence-electron chi connectivity index (χ0n) is 10.1. The number of carbonyl (C=O) groups is 1. The maximum absolute atomic E-state index is 11.5. The Bertz CT molecular complexity index is 619. The van der Waals surface area contributed by atoms with Gasteiger partial charge in [-0.15, -0.1) is 5.10 Å². The van der Waals surface area contributed by atoms with Gasteiger partial charge in [-0.25, -0.2) is 4.68 Å². The Morgan fingerprint density at radius 2 is 2.16 bits per heavy atom. The van der Waals surface area contributed by atoms with Crippen LogP contribution in [0.3, 0.4) is 0 Å². The van der Waals surface area contributed by atoms with Gasteiger partial charge in [0.05, 0.1) is 13.0 Å². The number of hydrogen-bond donors (Lipinski definition) is 1. The summed E-state index contributed by atoms with van der Waals surface area (Å²) in [4.78, 5) is 22.0. The van der Waals surface area contributed by atoms with Crippen LogP contribution in [0.15, 0.2) is 29.2 Å². The summed E-state index contributed by atoms with van der Waals surface area (Å²) in [6.45, 7) is 0.675. The van der Waals surface area contributed by atoms with Gasteiger partial charge in [0.2, 0.25) is 0 Å². The molecule has 1 N–H and O–H groups in total. The van der Waals surface area contributed by atoms with E-state index >= 15 is 0 Å². The highest BCUT2D eigenvalue weighted by atomic mass is 16.4. The van der Waals surface area contributed by atoms with E-state index in [1.54, 1.807) is 22.9 Å². The summed E-state index contributed by atoms with van der Waals surface area (Å²) in [6.07, 6.45) is 2.12. The summed E-state index contributed by atoms with van der Waals surface area (Å²) in [5.41, 5.74) is -0.0907. The van der Waals surface area contributed by atoms with Crippen LogP contribution in [0.2, 0.25) is 0 Å². The molecule has 0 aliphatic carbocycles. The van der Waals surface area contributed by atoms with Crippen LogP contribution in [-0.2, 0) is 24.3 Å². The largest absolute Gasteiger partial charge is 0.481 e. The van der Waals surface area contributed by atoms with Crippen molar-refractivity contribution >= 4 is 5.97 Å². The summed E-state index contributed by atoms with van der Waals surface area (Å²) in [5, 5.41) is 19.7. The molecule has 0 aliphatic heterocycles. The molecule has 2 heterocycles. The number of pyridine rings is 1. The van der Waals surface area contributed by atoms with Crippen LogP contribution in [0.4, 0.5) is 0 Å². The summed E-state index contributed by atoms with van der Waals surface area (Å²) in [7, 11) is 0. The molecule has 19 heavy (non-hydrogen) atoms. The van der Waals surface area contributed by atoms with E-state index in [0.717, 1.165) is 0 Å². The molecule has 0 radical (unpaired) electrons. The highest BCUT2D eigenvalue weighted by Crippen LogP contribution is 1.98. The van der Waals surface area contributed by atoms with E-state index in [1.165, 1.54) is 10.7 Å². The van der Waals surface area contributed by atoms with Crippen molar-refractivity contribution in [2.24, 2.45) is 0 Å². The molecule has 0 saturated heterocycles. The molecule has 8 heteroatoms. The topological polar surface area (TPSA) is 103 Å². The van der Waals surface area contributed by atoms with E-state index in [0.29, 0.717) is 18.8 Å². The van der Waals surface area contributed by atoms with E-state index < -0.39 is 5.97 Å². The third-order valence-electron chi connectivity index (χ3n) is 2.62. The number of carboxylic acids is 1. The van der Waals surface area contributed by atoms with Gasteiger partial charge >= 0.3 is 5.97 Å². The lowest BCUT2D eigenvalue weighted by Crippen LogP contribution is -2.20. The van der Waals surface area contributed by atoms with Crippen molar-refractivity contribution in [3.63, 3.8) is 0 Å². The average molecular weight is 263 g/mol. The van der Waals surface area contributed by atoms with Gasteiger partial charge in [-0.1, -0.05) is 6.07 Å².